The Kier molecular flexibility index (Phi) is 5.12. The fourth-order valence-corrected chi connectivity index (χ4v) is 2.85. The van der Waals surface area contributed by atoms with Gasteiger partial charge in [-0.3, -0.25) is 0 Å². The van der Waals surface area contributed by atoms with Crippen LogP contribution in [0.2, 0.25) is 0 Å². The van der Waals surface area contributed by atoms with E-state index in [-0.39, 0.29) is 0 Å². The second kappa shape index (κ2) is 6.84. The van der Waals surface area contributed by atoms with Crippen molar-refractivity contribution in [3.63, 3.8) is 0 Å². The van der Waals surface area contributed by atoms with E-state index in [1.54, 1.807) is 0 Å². The molecule has 1 aliphatic rings. The maximum Gasteiger partial charge on any atom is 0.144 e. The van der Waals surface area contributed by atoms with Gasteiger partial charge in [-0.05, 0) is 45.5 Å². The summed E-state index contributed by atoms with van der Waals surface area (Å²) in [6.07, 6.45) is 2.16. The lowest BCUT2D eigenvalue weighted by Crippen LogP contribution is -2.38. The Morgan fingerprint density at radius 2 is 2.15 bits per heavy atom. The monoisotopic (exact) mass is 277 g/mol. The van der Waals surface area contributed by atoms with E-state index in [2.05, 4.69) is 36.8 Å². The first kappa shape index (κ1) is 15.0. The van der Waals surface area contributed by atoms with Gasteiger partial charge in [-0.25, -0.2) is 0 Å². The van der Waals surface area contributed by atoms with Gasteiger partial charge in [0.2, 0.25) is 0 Å². The number of nitrogens with two attached hydrogens (primary N) is 1. The molecule has 0 radical (unpaired) electrons. The molecule has 1 aliphatic heterocycles. The van der Waals surface area contributed by atoms with Crippen LogP contribution in [0.3, 0.4) is 0 Å². The smallest absolute Gasteiger partial charge is 0.144 e. The van der Waals surface area contributed by atoms with Crippen molar-refractivity contribution in [2.45, 2.75) is 32.7 Å². The lowest BCUT2D eigenvalue weighted by atomic mass is 10.2. The Labute approximate surface area is 122 Å². The van der Waals surface area contributed by atoms with Gasteiger partial charge in [-0.2, -0.15) is 0 Å². The van der Waals surface area contributed by atoms with Crippen LogP contribution in [0.15, 0.2) is 18.2 Å². The molecule has 0 saturated carbocycles. The number of benzene rings is 1. The molecule has 1 saturated heterocycles. The minimum Gasteiger partial charge on any atom is -0.491 e. The van der Waals surface area contributed by atoms with Crippen molar-refractivity contribution in [3.8, 4) is 5.75 Å². The number of likely N-dealkylation sites (N-methyl/N-ethyl adjacent to an activating group) is 1. The van der Waals surface area contributed by atoms with Crippen LogP contribution in [0.25, 0.3) is 0 Å². The highest BCUT2D eigenvalue weighted by atomic mass is 16.5. The summed E-state index contributed by atoms with van der Waals surface area (Å²) in [4.78, 5) is 4.80. The zero-order chi connectivity index (χ0) is 14.5. The topological polar surface area (TPSA) is 41.7 Å². The van der Waals surface area contributed by atoms with Gasteiger partial charge >= 0.3 is 0 Å². The third-order valence-electron chi connectivity index (χ3n) is 3.86. The molecule has 1 atom stereocenters. The van der Waals surface area contributed by atoms with Gasteiger partial charge in [0.25, 0.3) is 0 Å². The summed E-state index contributed by atoms with van der Waals surface area (Å²) < 4.78 is 5.74. The fourth-order valence-electron chi connectivity index (χ4n) is 2.85. The van der Waals surface area contributed by atoms with E-state index >= 15 is 0 Å². The lowest BCUT2D eigenvalue weighted by molar-refractivity contribution is 0.319. The van der Waals surface area contributed by atoms with Crippen LogP contribution in [-0.4, -0.2) is 44.2 Å². The predicted molar refractivity (Wildman–Crippen MR) is 85.6 cm³/mol. The van der Waals surface area contributed by atoms with Gasteiger partial charge in [-0.15, -0.1) is 0 Å². The summed E-state index contributed by atoms with van der Waals surface area (Å²) >= 11 is 0. The molecule has 0 aromatic heterocycles. The van der Waals surface area contributed by atoms with E-state index in [4.69, 9.17) is 10.5 Å². The number of nitrogen functional groups attached to an aromatic ring is 1. The van der Waals surface area contributed by atoms with Crippen LogP contribution in [0.4, 0.5) is 11.4 Å². The molecule has 2 rings (SSSR count). The highest BCUT2D eigenvalue weighted by Gasteiger charge is 2.22. The molecule has 0 aliphatic carbocycles. The molecular formula is C16H27N3O. The zero-order valence-electron chi connectivity index (χ0n) is 12.9. The standard InChI is InChI=1S/C16H27N3O/c1-4-11-20-15-8-5-7-14(16(15)17)19-10-6-9-18(3)12-13(19)2/h5,7-8,13H,4,6,9-12,17H2,1-3H3. The van der Waals surface area contributed by atoms with Crippen LogP contribution < -0.4 is 15.4 Å². The maximum absolute atomic E-state index is 6.32. The normalized spacial score (nSPS) is 20.8. The third-order valence-corrected chi connectivity index (χ3v) is 3.86. The highest BCUT2D eigenvalue weighted by Crippen LogP contribution is 2.34. The molecule has 2 N–H and O–H groups in total. The van der Waals surface area contributed by atoms with E-state index in [9.17, 15) is 0 Å². The first-order valence-electron chi connectivity index (χ1n) is 7.60. The van der Waals surface area contributed by atoms with Crippen LogP contribution >= 0.6 is 0 Å². The van der Waals surface area contributed by atoms with Crippen LogP contribution in [0.1, 0.15) is 26.7 Å². The van der Waals surface area contributed by atoms with Gasteiger partial charge < -0.3 is 20.3 Å². The molecule has 1 fully saturated rings. The second-order valence-corrected chi connectivity index (χ2v) is 5.70. The molecule has 1 heterocycles. The molecule has 0 bridgehead atoms. The van der Waals surface area contributed by atoms with Gasteiger partial charge in [0.1, 0.15) is 5.75 Å². The molecule has 4 nitrogen and oxygen atoms in total. The number of hydrogen-bond acceptors (Lipinski definition) is 4. The van der Waals surface area contributed by atoms with Crippen molar-refractivity contribution in [2.24, 2.45) is 0 Å². The molecular weight excluding hydrogens is 250 g/mol. The van der Waals surface area contributed by atoms with Crippen LogP contribution in [0.5, 0.6) is 5.75 Å². The fraction of sp³-hybridized carbons (Fsp3) is 0.625. The number of hydrogen-bond donors (Lipinski definition) is 1. The molecule has 1 unspecified atom stereocenters. The zero-order valence-corrected chi connectivity index (χ0v) is 12.9. The van der Waals surface area contributed by atoms with E-state index in [1.807, 2.05) is 12.1 Å². The van der Waals surface area contributed by atoms with Crippen LogP contribution in [0, 0.1) is 0 Å². The first-order valence-corrected chi connectivity index (χ1v) is 7.60. The number of para-hydroxylation sites is 1. The largest absolute Gasteiger partial charge is 0.491 e. The molecule has 0 spiro atoms. The third kappa shape index (κ3) is 3.37. The van der Waals surface area contributed by atoms with Crippen molar-refractivity contribution >= 4 is 11.4 Å². The number of ether oxygens (including phenoxy) is 1. The maximum atomic E-state index is 6.32. The summed E-state index contributed by atoms with van der Waals surface area (Å²) in [7, 11) is 2.18. The average molecular weight is 277 g/mol. The Morgan fingerprint density at radius 1 is 1.35 bits per heavy atom. The summed E-state index contributed by atoms with van der Waals surface area (Å²) in [5.74, 6) is 0.814. The molecule has 4 heteroatoms. The van der Waals surface area contributed by atoms with Crippen molar-refractivity contribution in [1.82, 2.24) is 4.90 Å². The van der Waals surface area contributed by atoms with Crippen molar-refractivity contribution in [3.05, 3.63) is 18.2 Å². The molecule has 1 aromatic rings. The molecule has 112 valence electrons. The minimum absolute atomic E-state index is 0.464. The number of anilines is 2. The van der Waals surface area contributed by atoms with Gasteiger partial charge in [0.15, 0.2) is 0 Å². The Balaban J connectivity index is 2.22. The van der Waals surface area contributed by atoms with E-state index in [0.29, 0.717) is 12.6 Å². The predicted octanol–water partition coefficient (Wildman–Crippen LogP) is 2.59. The summed E-state index contributed by atoms with van der Waals surface area (Å²) in [5, 5.41) is 0. The highest BCUT2D eigenvalue weighted by molar-refractivity contribution is 5.74. The second-order valence-electron chi connectivity index (χ2n) is 5.70. The van der Waals surface area contributed by atoms with Crippen LogP contribution in [-0.2, 0) is 0 Å². The molecule has 20 heavy (non-hydrogen) atoms. The Hall–Kier alpha value is -1.42. The first-order chi connectivity index (χ1) is 9.63. The van der Waals surface area contributed by atoms with Gasteiger partial charge in [0, 0.05) is 19.1 Å². The SMILES string of the molecule is CCCOc1cccc(N2CCCN(C)CC2C)c1N. The Morgan fingerprint density at radius 3 is 2.90 bits per heavy atom. The summed E-state index contributed by atoms with van der Waals surface area (Å²) in [6, 6.07) is 6.57. The van der Waals surface area contributed by atoms with E-state index in [0.717, 1.165) is 43.2 Å². The molecule has 0 amide bonds. The van der Waals surface area contributed by atoms with Gasteiger partial charge in [-0.1, -0.05) is 13.0 Å². The number of nitrogens with zero attached hydrogens (tertiary/aromatic N) is 2. The van der Waals surface area contributed by atoms with Crippen molar-refractivity contribution in [1.29, 1.82) is 0 Å². The van der Waals surface area contributed by atoms with Gasteiger partial charge in [0.05, 0.1) is 18.0 Å². The Bertz CT molecular complexity index is 436. The summed E-state index contributed by atoms with van der Waals surface area (Å²) in [5.41, 5.74) is 8.21. The van der Waals surface area contributed by atoms with Crippen molar-refractivity contribution < 1.29 is 4.74 Å². The summed E-state index contributed by atoms with van der Waals surface area (Å²) in [6.45, 7) is 8.35. The van der Waals surface area contributed by atoms with E-state index in [1.165, 1.54) is 6.42 Å². The quantitative estimate of drug-likeness (QED) is 0.859. The van der Waals surface area contributed by atoms with E-state index < -0.39 is 0 Å². The molecule has 1 aromatic carbocycles. The number of rotatable bonds is 4. The lowest BCUT2D eigenvalue weighted by Gasteiger charge is -2.31. The average Bonchev–Trinajstić information content (AvgIpc) is 2.58. The minimum atomic E-state index is 0.464. The van der Waals surface area contributed by atoms with Crippen molar-refractivity contribution in [2.75, 3.05) is 43.9 Å².